The Hall–Kier alpha value is -2.57. The highest BCUT2D eigenvalue weighted by Crippen LogP contribution is 2.56. The van der Waals surface area contributed by atoms with Crippen molar-refractivity contribution in [2.45, 2.75) is 43.6 Å². The molecule has 0 bridgehead atoms. The van der Waals surface area contributed by atoms with Gasteiger partial charge in [-0.2, -0.15) is 0 Å². The van der Waals surface area contributed by atoms with Gasteiger partial charge in [0, 0.05) is 38.1 Å². The Morgan fingerprint density at radius 1 is 0.875 bits per heavy atom. The molecule has 1 aliphatic carbocycles. The fourth-order valence-electron chi connectivity index (χ4n) is 6.27. The normalized spacial score (nSPS) is 21.9. The molecule has 2 atom stereocenters. The number of hydrogen-bond acceptors (Lipinski definition) is 3. The zero-order valence-corrected chi connectivity index (χ0v) is 24.8. The predicted octanol–water partition coefficient (Wildman–Crippen LogP) is 6.39. The molecule has 0 aromatic heterocycles. The first-order valence-electron chi connectivity index (χ1n) is 13.8. The lowest BCUT2D eigenvalue weighted by Crippen LogP contribution is -2.53. The van der Waals surface area contributed by atoms with E-state index in [1.807, 2.05) is 54.6 Å². The van der Waals surface area contributed by atoms with Crippen LogP contribution in [0, 0.1) is 5.92 Å². The van der Waals surface area contributed by atoms with Crippen molar-refractivity contribution in [1.82, 2.24) is 15.5 Å². The lowest BCUT2D eigenvalue weighted by Gasteiger charge is -2.43. The van der Waals surface area contributed by atoms with Crippen LogP contribution in [0.15, 0.2) is 72.8 Å². The van der Waals surface area contributed by atoms with Crippen molar-refractivity contribution in [3.8, 4) is 0 Å². The van der Waals surface area contributed by atoms with E-state index < -0.39 is 5.41 Å². The molecule has 0 radical (unpaired) electrons. The number of carbonyl (C=O) groups excluding carboxylic acids is 2. The monoisotopic (exact) mass is 597 g/mol. The maximum Gasteiger partial charge on any atom is 0.231 e. The Morgan fingerprint density at radius 2 is 1.57 bits per heavy atom. The molecule has 210 valence electrons. The summed E-state index contributed by atoms with van der Waals surface area (Å²) in [4.78, 5) is 28.3. The SMILES string of the molecule is CC(=O)NC1(c2ccccc2)CCN(C[C@@H]2C[C@@]2(C(=O)NCCc2ccccc2Cl)c2ccc(Cl)c(Cl)c2)CC1. The largest absolute Gasteiger partial charge is 0.355 e. The van der Waals surface area contributed by atoms with Crippen LogP contribution < -0.4 is 10.6 Å². The first-order valence-corrected chi connectivity index (χ1v) is 14.9. The van der Waals surface area contributed by atoms with Crippen molar-refractivity contribution in [2.24, 2.45) is 5.92 Å². The van der Waals surface area contributed by atoms with Gasteiger partial charge in [-0.15, -0.1) is 0 Å². The maximum atomic E-state index is 13.8. The summed E-state index contributed by atoms with van der Waals surface area (Å²) >= 11 is 18.9. The molecule has 3 aromatic rings. The molecule has 8 heteroatoms. The molecule has 1 aliphatic heterocycles. The van der Waals surface area contributed by atoms with Gasteiger partial charge < -0.3 is 15.5 Å². The van der Waals surface area contributed by atoms with E-state index in [1.165, 1.54) is 0 Å². The van der Waals surface area contributed by atoms with Crippen LogP contribution in [0.1, 0.15) is 42.9 Å². The van der Waals surface area contributed by atoms with Crippen molar-refractivity contribution in [1.29, 1.82) is 0 Å². The molecule has 1 heterocycles. The van der Waals surface area contributed by atoms with Crippen molar-refractivity contribution >= 4 is 46.6 Å². The fourth-order valence-corrected chi connectivity index (χ4v) is 6.79. The molecule has 5 rings (SSSR count). The first kappa shape index (κ1) is 28.9. The van der Waals surface area contributed by atoms with E-state index in [2.05, 4.69) is 27.7 Å². The quantitative estimate of drug-likeness (QED) is 0.300. The zero-order valence-electron chi connectivity index (χ0n) is 22.6. The maximum absolute atomic E-state index is 13.8. The molecule has 1 saturated carbocycles. The standard InChI is InChI=1S/C32H34Cl3N3O2/c1-22(39)37-31(24-8-3-2-4-9-24)14-17-38(18-15-31)21-26-20-32(26,25-11-12-28(34)29(35)19-25)30(40)36-16-13-23-7-5-6-10-27(23)33/h2-12,19,26H,13-18,20-21H2,1H3,(H,36,40)(H,37,39)/t26-,32+/m0/s1. The van der Waals surface area contributed by atoms with E-state index in [4.69, 9.17) is 34.8 Å². The summed E-state index contributed by atoms with van der Waals surface area (Å²) in [5.74, 6) is 0.137. The van der Waals surface area contributed by atoms with Gasteiger partial charge in [-0.3, -0.25) is 9.59 Å². The van der Waals surface area contributed by atoms with Crippen LogP contribution in [-0.2, 0) is 27.0 Å². The van der Waals surface area contributed by atoms with E-state index in [0.717, 1.165) is 55.6 Å². The summed E-state index contributed by atoms with van der Waals surface area (Å²) in [5.41, 5.74) is 2.02. The number of nitrogens with zero attached hydrogens (tertiary/aromatic N) is 1. The average molecular weight is 599 g/mol. The van der Waals surface area contributed by atoms with Crippen LogP contribution in [0.3, 0.4) is 0 Å². The van der Waals surface area contributed by atoms with Gasteiger partial charge in [-0.1, -0.05) is 89.4 Å². The van der Waals surface area contributed by atoms with Gasteiger partial charge in [0.15, 0.2) is 0 Å². The van der Waals surface area contributed by atoms with Crippen molar-refractivity contribution < 1.29 is 9.59 Å². The number of piperidine rings is 1. The molecule has 2 fully saturated rings. The van der Waals surface area contributed by atoms with Crippen molar-refractivity contribution in [3.05, 3.63) is 105 Å². The number of rotatable bonds is 9. The van der Waals surface area contributed by atoms with Crippen molar-refractivity contribution in [2.75, 3.05) is 26.2 Å². The minimum atomic E-state index is -0.652. The van der Waals surface area contributed by atoms with E-state index in [-0.39, 0.29) is 23.3 Å². The topological polar surface area (TPSA) is 61.4 Å². The lowest BCUT2D eigenvalue weighted by molar-refractivity contribution is -0.124. The van der Waals surface area contributed by atoms with E-state index in [9.17, 15) is 9.59 Å². The van der Waals surface area contributed by atoms with E-state index in [0.29, 0.717) is 28.0 Å². The molecular weight excluding hydrogens is 565 g/mol. The number of benzene rings is 3. The Morgan fingerprint density at radius 3 is 2.25 bits per heavy atom. The third-order valence-electron chi connectivity index (χ3n) is 8.51. The summed E-state index contributed by atoms with van der Waals surface area (Å²) in [6.07, 6.45) is 3.03. The number of nitrogens with one attached hydrogen (secondary N) is 2. The van der Waals surface area contributed by atoms with E-state index in [1.54, 1.807) is 13.0 Å². The molecule has 2 N–H and O–H groups in total. The third-order valence-corrected chi connectivity index (χ3v) is 9.62. The smallest absolute Gasteiger partial charge is 0.231 e. The summed E-state index contributed by atoms with van der Waals surface area (Å²) in [5, 5.41) is 8.06. The Balaban J connectivity index is 1.29. The van der Waals surface area contributed by atoms with Crippen LogP contribution in [0.2, 0.25) is 15.1 Å². The molecule has 2 aliphatic rings. The second kappa shape index (κ2) is 12.1. The molecule has 0 spiro atoms. The Bertz CT molecular complexity index is 1370. The van der Waals surface area contributed by atoms with Crippen LogP contribution in [0.4, 0.5) is 0 Å². The van der Waals surface area contributed by atoms with Gasteiger partial charge in [-0.05, 0) is 66.5 Å². The highest BCUT2D eigenvalue weighted by Gasteiger charge is 2.61. The molecule has 0 unspecified atom stereocenters. The number of likely N-dealkylation sites (tertiary alicyclic amines) is 1. The Kier molecular flexibility index (Phi) is 8.77. The molecular formula is C32H34Cl3N3O2. The van der Waals surface area contributed by atoms with Gasteiger partial charge in [-0.25, -0.2) is 0 Å². The first-order chi connectivity index (χ1) is 19.2. The minimum absolute atomic E-state index is 0.0110. The third kappa shape index (κ3) is 6.03. The molecule has 1 saturated heterocycles. The number of hydrogen-bond donors (Lipinski definition) is 2. The summed E-state index contributed by atoms with van der Waals surface area (Å²) in [7, 11) is 0. The second-order valence-corrected chi connectivity index (χ2v) is 12.3. The number of carbonyl (C=O) groups is 2. The van der Waals surface area contributed by atoms with Gasteiger partial charge in [0.1, 0.15) is 0 Å². The predicted molar refractivity (Wildman–Crippen MR) is 162 cm³/mol. The van der Waals surface area contributed by atoms with Crippen LogP contribution in [-0.4, -0.2) is 42.9 Å². The van der Waals surface area contributed by atoms with Crippen LogP contribution in [0.5, 0.6) is 0 Å². The zero-order chi connectivity index (χ0) is 28.3. The van der Waals surface area contributed by atoms with Crippen LogP contribution in [0.25, 0.3) is 0 Å². The summed E-state index contributed by atoms with van der Waals surface area (Å²) in [6, 6.07) is 23.5. The number of halogens is 3. The molecule has 40 heavy (non-hydrogen) atoms. The highest BCUT2D eigenvalue weighted by atomic mass is 35.5. The van der Waals surface area contributed by atoms with Gasteiger partial charge in [0.2, 0.25) is 11.8 Å². The second-order valence-electron chi connectivity index (χ2n) is 11.0. The molecule has 3 aromatic carbocycles. The van der Waals surface area contributed by atoms with Gasteiger partial charge in [0.25, 0.3) is 0 Å². The molecule has 5 nitrogen and oxygen atoms in total. The average Bonchev–Trinajstić information content (AvgIpc) is 3.67. The molecule has 2 amide bonds. The van der Waals surface area contributed by atoms with Crippen LogP contribution >= 0.6 is 34.8 Å². The highest BCUT2D eigenvalue weighted by molar-refractivity contribution is 6.42. The lowest BCUT2D eigenvalue weighted by atomic mass is 9.80. The summed E-state index contributed by atoms with van der Waals surface area (Å²) < 4.78 is 0. The number of amides is 2. The minimum Gasteiger partial charge on any atom is -0.355 e. The summed E-state index contributed by atoms with van der Waals surface area (Å²) in [6.45, 7) is 4.53. The Labute approximate surface area is 251 Å². The van der Waals surface area contributed by atoms with Gasteiger partial charge in [0.05, 0.1) is 21.0 Å². The van der Waals surface area contributed by atoms with Crippen molar-refractivity contribution in [3.63, 3.8) is 0 Å². The fraction of sp³-hybridized carbons (Fsp3) is 0.375. The van der Waals surface area contributed by atoms with E-state index >= 15 is 0 Å². The van der Waals surface area contributed by atoms with Gasteiger partial charge >= 0.3 is 0 Å².